The van der Waals surface area contributed by atoms with E-state index in [1.807, 2.05) is 40.7 Å². The molecule has 4 nitrogen and oxygen atoms in total. The molecule has 0 radical (unpaired) electrons. The lowest BCUT2D eigenvalue weighted by Crippen LogP contribution is -2.14. The van der Waals surface area contributed by atoms with Crippen LogP contribution in [0.2, 0.25) is 0 Å². The molecule has 0 aliphatic rings. The minimum absolute atomic E-state index is 0.217. The Balaban J connectivity index is 2.84. The van der Waals surface area contributed by atoms with E-state index in [1.54, 1.807) is 12.1 Å². The van der Waals surface area contributed by atoms with Crippen LogP contribution in [0, 0.1) is 18.8 Å². The first kappa shape index (κ1) is 17.2. The van der Waals surface area contributed by atoms with E-state index >= 15 is 0 Å². The fourth-order valence-corrected chi connectivity index (χ4v) is 1.77. The Hall–Kier alpha value is -1.84. The average Bonchev–Trinajstić information content (AvgIpc) is 2.30. The SMILES string of the molecule is Cc1ccc(OC(=O)CC(C)C)c(OC(=O)CC(C)C)c1. The smallest absolute Gasteiger partial charge is 0.311 e. The van der Waals surface area contributed by atoms with Crippen LogP contribution in [0.25, 0.3) is 0 Å². The van der Waals surface area contributed by atoms with Crippen LogP contribution in [-0.2, 0) is 9.59 Å². The molecule has 0 bridgehead atoms. The van der Waals surface area contributed by atoms with E-state index in [1.165, 1.54) is 0 Å². The molecule has 0 aromatic heterocycles. The highest BCUT2D eigenvalue weighted by Gasteiger charge is 2.15. The first-order valence-electron chi connectivity index (χ1n) is 7.30. The van der Waals surface area contributed by atoms with E-state index < -0.39 is 0 Å². The number of aryl methyl sites for hydroxylation is 1. The summed E-state index contributed by atoms with van der Waals surface area (Å²) in [5, 5.41) is 0. The predicted octanol–water partition coefficient (Wildman–Crippen LogP) is 3.90. The second kappa shape index (κ2) is 7.81. The third-order valence-corrected chi connectivity index (χ3v) is 2.70. The van der Waals surface area contributed by atoms with Crippen LogP contribution < -0.4 is 9.47 Å². The predicted molar refractivity (Wildman–Crippen MR) is 81.4 cm³/mol. The zero-order valence-electron chi connectivity index (χ0n) is 13.4. The third-order valence-electron chi connectivity index (χ3n) is 2.70. The van der Waals surface area contributed by atoms with Crippen molar-refractivity contribution >= 4 is 11.9 Å². The maximum atomic E-state index is 11.8. The molecule has 0 unspecified atom stereocenters. The molecule has 0 saturated heterocycles. The van der Waals surface area contributed by atoms with Gasteiger partial charge < -0.3 is 9.47 Å². The lowest BCUT2D eigenvalue weighted by Gasteiger charge is -2.12. The minimum Gasteiger partial charge on any atom is -0.423 e. The molecule has 1 aromatic carbocycles. The molecule has 0 fully saturated rings. The second-order valence-corrected chi connectivity index (χ2v) is 6.09. The standard InChI is InChI=1S/C17H24O4/c1-11(2)8-16(18)20-14-7-6-13(5)10-15(14)21-17(19)9-12(3)4/h6-7,10-12H,8-9H2,1-5H3. The highest BCUT2D eigenvalue weighted by molar-refractivity contribution is 5.76. The van der Waals surface area contributed by atoms with Crippen molar-refractivity contribution in [2.75, 3.05) is 0 Å². The number of hydrogen-bond donors (Lipinski definition) is 0. The van der Waals surface area contributed by atoms with E-state index in [9.17, 15) is 9.59 Å². The molecule has 4 heteroatoms. The number of esters is 2. The van der Waals surface area contributed by atoms with Gasteiger partial charge in [0.25, 0.3) is 0 Å². The van der Waals surface area contributed by atoms with Gasteiger partial charge in [-0.2, -0.15) is 0 Å². The summed E-state index contributed by atoms with van der Waals surface area (Å²) in [4.78, 5) is 23.5. The summed E-state index contributed by atoms with van der Waals surface area (Å²) in [7, 11) is 0. The van der Waals surface area contributed by atoms with Crippen molar-refractivity contribution in [1.82, 2.24) is 0 Å². The van der Waals surface area contributed by atoms with Gasteiger partial charge in [-0.3, -0.25) is 9.59 Å². The highest BCUT2D eigenvalue weighted by Crippen LogP contribution is 2.29. The molecule has 116 valence electrons. The minimum atomic E-state index is -0.324. The molecule has 0 spiro atoms. The van der Waals surface area contributed by atoms with Crippen LogP contribution in [-0.4, -0.2) is 11.9 Å². The van der Waals surface area contributed by atoms with Crippen molar-refractivity contribution in [3.8, 4) is 11.5 Å². The van der Waals surface area contributed by atoms with Crippen LogP contribution in [0.1, 0.15) is 46.1 Å². The second-order valence-electron chi connectivity index (χ2n) is 6.09. The molecule has 0 N–H and O–H groups in total. The first-order chi connectivity index (χ1) is 9.77. The van der Waals surface area contributed by atoms with Crippen LogP contribution in [0.5, 0.6) is 11.5 Å². The summed E-state index contributed by atoms with van der Waals surface area (Å²) >= 11 is 0. The number of carbonyl (C=O) groups excluding carboxylic acids is 2. The Morgan fingerprint density at radius 2 is 1.38 bits per heavy atom. The van der Waals surface area contributed by atoms with Crippen molar-refractivity contribution in [1.29, 1.82) is 0 Å². The molecule has 0 heterocycles. The van der Waals surface area contributed by atoms with Crippen molar-refractivity contribution in [2.24, 2.45) is 11.8 Å². The summed E-state index contributed by atoms with van der Waals surface area (Å²) in [6.07, 6.45) is 0.653. The van der Waals surface area contributed by atoms with Gasteiger partial charge in [0.05, 0.1) is 0 Å². The number of rotatable bonds is 6. The molecule has 1 rings (SSSR count). The van der Waals surface area contributed by atoms with Crippen molar-refractivity contribution in [3.63, 3.8) is 0 Å². The average molecular weight is 292 g/mol. The maximum absolute atomic E-state index is 11.8. The summed E-state index contributed by atoms with van der Waals surface area (Å²) < 4.78 is 10.6. The van der Waals surface area contributed by atoms with Gasteiger partial charge >= 0.3 is 11.9 Å². The van der Waals surface area contributed by atoms with Gasteiger partial charge in [-0.15, -0.1) is 0 Å². The van der Waals surface area contributed by atoms with E-state index in [2.05, 4.69) is 0 Å². The van der Waals surface area contributed by atoms with Gasteiger partial charge in [0.1, 0.15) is 0 Å². The zero-order valence-corrected chi connectivity index (χ0v) is 13.4. The van der Waals surface area contributed by atoms with Gasteiger partial charge in [0.2, 0.25) is 0 Å². The monoisotopic (exact) mass is 292 g/mol. The molecule has 0 aliphatic heterocycles. The van der Waals surface area contributed by atoms with Crippen molar-refractivity contribution in [3.05, 3.63) is 23.8 Å². The fraction of sp³-hybridized carbons (Fsp3) is 0.529. The third kappa shape index (κ3) is 6.43. The van der Waals surface area contributed by atoms with Crippen molar-refractivity contribution < 1.29 is 19.1 Å². The topological polar surface area (TPSA) is 52.6 Å². The number of hydrogen-bond acceptors (Lipinski definition) is 4. The van der Waals surface area contributed by atoms with Crippen LogP contribution >= 0.6 is 0 Å². The fourth-order valence-electron chi connectivity index (χ4n) is 1.77. The Kier molecular flexibility index (Phi) is 6.40. The van der Waals surface area contributed by atoms with E-state index in [4.69, 9.17) is 9.47 Å². The highest BCUT2D eigenvalue weighted by atomic mass is 16.6. The summed E-state index contributed by atoms with van der Waals surface area (Å²) in [6.45, 7) is 9.67. The Morgan fingerprint density at radius 3 is 1.86 bits per heavy atom. The molecule has 1 aromatic rings. The maximum Gasteiger partial charge on any atom is 0.311 e. The Labute approximate surface area is 126 Å². The van der Waals surface area contributed by atoms with Gasteiger partial charge in [-0.05, 0) is 36.5 Å². The van der Waals surface area contributed by atoms with Gasteiger partial charge in [-0.25, -0.2) is 0 Å². The molecule has 21 heavy (non-hydrogen) atoms. The van der Waals surface area contributed by atoms with E-state index in [0.29, 0.717) is 24.3 Å². The summed E-state index contributed by atoms with van der Waals surface area (Å²) in [5.74, 6) is 0.386. The normalized spacial score (nSPS) is 10.8. The van der Waals surface area contributed by atoms with Crippen molar-refractivity contribution in [2.45, 2.75) is 47.5 Å². The van der Waals surface area contributed by atoms with Crippen LogP contribution in [0.15, 0.2) is 18.2 Å². The first-order valence-corrected chi connectivity index (χ1v) is 7.30. The van der Waals surface area contributed by atoms with E-state index in [-0.39, 0.29) is 23.8 Å². The molecule has 0 amide bonds. The summed E-state index contributed by atoms with van der Waals surface area (Å²) in [5.41, 5.74) is 0.936. The molecule has 0 saturated carbocycles. The summed E-state index contributed by atoms with van der Waals surface area (Å²) in [6, 6.07) is 5.18. The Morgan fingerprint density at radius 1 is 0.905 bits per heavy atom. The van der Waals surface area contributed by atoms with E-state index in [0.717, 1.165) is 5.56 Å². The zero-order chi connectivity index (χ0) is 16.0. The largest absolute Gasteiger partial charge is 0.423 e. The molecule has 0 atom stereocenters. The lowest BCUT2D eigenvalue weighted by molar-refractivity contribution is -0.138. The number of ether oxygens (including phenoxy) is 2. The quantitative estimate of drug-likeness (QED) is 0.589. The van der Waals surface area contributed by atoms with Gasteiger partial charge in [-0.1, -0.05) is 33.8 Å². The molecular weight excluding hydrogens is 268 g/mol. The number of carbonyl (C=O) groups is 2. The van der Waals surface area contributed by atoms with Gasteiger partial charge in [0.15, 0.2) is 11.5 Å². The van der Waals surface area contributed by atoms with Crippen LogP contribution in [0.3, 0.4) is 0 Å². The molecular formula is C17H24O4. The molecule has 0 aliphatic carbocycles. The van der Waals surface area contributed by atoms with Crippen LogP contribution in [0.4, 0.5) is 0 Å². The van der Waals surface area contributed by atoms with Gasteiger partial charge in [0, 0.05) is 12.8 Å². The lowest BCUT2D eigenvalue weighted by atomic mass is 10.1. The number of benzene rings is 1. The Bertz CT molecular complexity index is 504.